The Morgan fingerprint density at radius 2 is 2.26 bits per heavy atom. The van der Waals surface area contributed by atoms with E-state index >= 15 is 0 Å². The zero-order valence-corrected chi connectivity index (χ0v) is 18.7. The molecule has 3 rings (SSSR count). The molecule has 0 aromatic carbocycles. The highest BCUT2D eigenvalue weighted by Gasteiger charge is 2.20. The van der Waals surface area contributed by atoms with Crippen LogP contribution in [0.1, 0.15) is 38.7 Å². The summed E-state index contributed by atoms with van der Waals surface area (Å²) in [6, 6.07) is 2.22. The van der Waals surface area contributed by atoms with E-state index in [1.807, 2.05) is 25.4 Å². The first-order chi connectivity index (χ1) is 15.1. The fraction of sp³-hybridized carbons (Fsp3) is 0.500. The lowest BCUT2D eigenvalue weighted by atomic mass is 10.0. The Morgan fingerprint density at radius 1 is 1.48 bits per heavy atom. The van der Waals surface area contributed by atoms with Crippen LogP contribution in [-0.4, -0.2) is 54.1 Å². The van der Waals surface area contributed by atoms with Crippen molar-refractivity contribution in [2.45, 2.75) is 45.3 Å². The first-order valence-electron chi connectivity index (χ1n) is 10.6. The van der Waals surface area contributed by atoms with Crippen LogP contribution in [0.15, 0.2) is 24.7 Å². The third-order valence-corrected chi connectivity index (χ3v) is 5.96. The number of carbonyl (C=O) groups excluding carboxylic acids is 1. The molecular weight excluding hydrogens is 418 g/mol. The number of pyridine rings is 1. The highest BCUT2D eigenvalue weighted by Crippen LogP contribution is 2.32. The minimum atomic E-state index is -0.157. The lowest BCUT2D eigenvalue weighted by Gasteiger charge is -2.24. The third-order valence-electron chi connectivity index (χ3n) is 5.68. The van der Waals surface area contributed by atoms with Gasteiger partial charge in [0.15, 0.2) is 0 Å². The van der Waals surface area contributed by atoms with E-state index < -0.39 is 0 Å². The van der Waals surface area contributed by atoms with Crippen LogP contribution >= 0.6 is 11.6 Å². The van der Waals surface area contributed by atoms with Gasteiger partial charge >= 0.3 is 0 Å². The summed E-state index contributed by atoms with van der Waals surface area (Å²) in [6.07, 6.45) is 9.88. The first-order valence-corrected chi connectivity index (χ1v) is 11.0. The number of amides is 1. The third kappa shape index (κ3) is 5.77. The minimum Gasteiger partial charge on any atom is -0.488 e. The molecule has 1 fully saturated rings. The molecule has 1 saturated heterocycles. The smallest absolute Gasteiger partial charge is 0.207 e. The summed E-state index contributed by atoms with van der Waals surface area (Å²) in [5, 5.41) is 18.9. The molecule has 0 saturated carbocycles. The van der Waals surface area contributed by atoms with Crippen molar-refractivity contribution >= 4 is 35.3 Å². The van der Waals surface area contributed by atoms with E-state index in [9.17, 15) is 4.79 Å². The van der Waals surface area contributed by atoms with Gasteiger partial charge in [-0.25, -0.2) is 4.52 Å². The van der Waals surface area contributed by atoms with E-state index in [0.717, 1.165) is 38.0 Å². The molecule has 3 heterocycles. The van der Waals surface area contributed by atoms with Crippen molar-refractivity contribution in [2.24, 2.45) is 5.92 Å². The Labute approximate surface area is 187 Å². The predicted molar refractivity (Wildman–Crippen MR) is 122 cm³/mol. The fourth-order valence-corrected chi connectivity index (χ4v) is 3.94. The second kappa shape index (κ2) is 11.2. The number of nitrogens with zero attached hydrogens (tertiary/aromatic N) is 2. The van der Waals surface area contributed by atoms with Crippen molar-refractivity contribution in [3.63, 3.8) is 0 Å². The van der Waals surface area contributed by atoms with Gasteiger partial charge < -0.3 is 25.5 Å². The van der Waals surface area contributed by atoms with Crippen LogP contribution in [0, 0.1) is 11.3 Å². The van der Waals surface area contributed by atoms with Crippen molar-refractivity contribution in [3.05, 3.63) is 35.2 Å². The summed E-state index contributed by atoms with van der Waals surface area (Å²) in [7, 11) is 0. The Morgan fingerprint density at radius 3 is 2.94 bits per heavy atom. The predicted octanol–water partition coefficient (Wildman–Crippen LogP) is 3.29. The molecule has 2 unspecified atom stereocenters. The van der Waals surface area contributed by atoms with Gasteiger partial charge in [-0.05, 0) is 32.3 Å². The topological polar surface area (TPSA) is 101 Å². The van der Waals surface area contributed by atoms with Crippen LogP contribution in [0.4, 0.5) is 0 Å². The minimum absolute atomic E-state index is 0.142. The van der Waals surface area contributed by atoms with Gasteiger partial charge in [0.2, 0.25) is 6.41 Å². The van der Waals surface area contributed by atoms with Crippen molar-refractivity contribution in [1.29, 1.82) is 5.41 Å². The molecule has 2 aromatic heterocycles. The van der Waals surface area contributed by atoms with E-state index in [0.29, 0.717) is 40.9 Å². The second-order valence-corrected chi connectivity index (χ2v) is 8.10. The van der Waals surface area contributed by atoms with Crippen molar-refractivity contribution < 1.29 is 14.3 Å². The lowest BCUT2D eigenvalue weighted by molar-refractivity contribution is -0.109. The Kier molecular flexibility index (Phi) is 8.31. The largest absolute Gasteiger partial charge is 0.488 e. The maximum absolute atomic E-state index is 10.7. The summed E-state index contributed by atoms with van der Waals surface area (Å²) in [5.74, 6) is 0.736. The molecular formula is C22H30ClN5O3. The summed E-state index contributed by atoms with van der Waals surface area (Å²) in [5.41, 5.74) is 2.19. The molecule has 9 heteroatoms. The van der Waals surface area contributed by atoms with Crippen molar-refractivity contribution in [3.8, 4) is 5.75 Å². The van der Waals surface area contributed by atoms with E-state index in [2.05, 4.69) is 22.7 Å². The van der Waals surface area contributed by atoms with Crippen LogP contribution in [-0.2, 0) is 9.53 Å². The fourth-order valence-electron chi connectivity index (χ4n) is 3.71. The molecule has 0 radical (unpaired) electrons. The van der Waals surface area contributed by atoms with Gasteiger partial charge in [0.1, 0.15) is 17.4 Å². The zero-order valence-electron chi connectivity index (χ0n) is 17.9. The number of nitrogens with one attached hydrogen (secondary N) is 3. The summed E-state index contributed by atoms with van der Waals surface area (Å²) in [4.78, 5) is 10.7. The summed E-state index contributed by atoms with van der Waals surface area (Å²) >= 11 is 6.38. The molecule has 8 nitrogen and oxygen atoms in total. The quantitative estimate of drug-likeness (QED) is 0.362. The van der Waals surface area contributed by atoms with Crippen molar-refractivity contribution in [1.82, 2.24) is 20.2 Å². The van der Waals surface area contributed by atoms with E-state index in [4.69, 9.17) is 26.5 Å². The lowest BCUT2D eigenvalue weighted by Crippen LogP contribution is -2.32. The van der Waals surface area contributed by atoms with Crippen LogP contribution in [0.2, 0.25) is 5.02 Å². The molecule has 0 aliphatic carbocycles. The number of fused-ring (bicyclic) bond motifs is 1. The Balaban J connectivity index is 1.89. The number of aromatic nitrogens is 2. The number of carbonyl (C=O) groups is 1. The molecule has 2 atom stereocenters. The number of hydrogen-bond donors (Lipinski definition) is 3. The summed E-state index contributed by atoms with van der Waals surface area (Å²) in [6.45, 7) is 6.07. The van der Waals surface area contributed by atoms with E-state index in [1.165, 1.54) is 6.21 Å². The van der Waals surface area contributed by atoms with Gasteiger partial charge in [0.25, 0.3) is 0 Å². The molecule has 0 bridgehead atoms. The molecule has 2 aromatic rings. The van der Waals surface area contributed by atoms with Gasteiger partial charge in [-0.15, -0.1) is 0 Å². The second-order valence-electron chi connectivity index (χ2n) is 7.69. The number of halogens is 1. The van der Waals surface area contributed by atoms with Gasteiger partial charge in [-0.3, -0.25) is 4.79 Å². The van der Waals surface area contributed by atoms with Crippen LogP contribution in [0.25, 0.3) is 11.1 Å². The Bertz CT molecular complexity index is 923. The zero-order chi connectivity index (χ0) is 22.2. The number of rotatable bonds is 11. The summed E-state index contributed by atoms with van der Waals surface area (Å²) < 4.78 is 13.4. The SMILES string of the molecule is CCC(CNC=O)C(C)Oc1cc(/C(C=N)=C/NC2CCOCC2)cn2ncc(Cl)c12. The maximum atomic E-state index is 10.7. The van der Waals surface area contributed by atoms with E-state index in [-0.39, 0.29) is 12.0 Å². The van der Waals surface area contributed by atoms with Crippen molar-refractivity contribution in [2.75, 3.05) is 19.8 Å². The van der Waals surface area contributed by atoms with Crippen LogP contribution in [0.3, 0.4) is 0 Å². The first kappa shape index (κ1) is 23.1. The molecule has 3 N–H and O–H groups in total. The van der Waals surface area contributed by atoms with Gasteiger partial charge in [-0.2, -0.15) is 5.10 Å². The monoisotopic (exact) mass is 447 g/mol. The van der Waals surface area contributed by atoms with Gasteiger partial charge in [0, 0.05) is 61.5 Å². The molecule has 1 aliphatic rings. The maximum Gasteiger partial charge on any atom is 0.207 e. The van der Waals surface area contributed by atoms with Gasteiger partial charge in [-0.1, -0.05) is 18.5 Å². The standard InChI is InChI=1S/C22H30ClN5O3/c1-3-16(10-25-14-29)15(2)31-21-8-17(13-28-22(21)20(23)12-27-28)18(9-24)11-26-19-4-6-30-7-5-19/h8-9,11-16,19,24,26H,3-7,10H2,1-2H3,(H,25,29)/b18-11+,24-9?. The Hall–Kier alpha value is -2.58. The molecule has 0 spiro atoms. The molecule has 31 heavy (non-hydrogen) atoms. The molecule has 168 valence electrons. The average molecular weight is 448 g/mol. The molecule has 1 aliphatic heterocycles. The highest BCUT2D eigenvalue weighted by molar-refractivity contribution is 6.34. The van der Waals surface area contributed by atoms with Gasteiger partial charge in [0.05, 0.1) is 11.2 Å². The van der Waals surface area contributed by atoms with Crippen LogP contribution < -0.4 is 15.4 Å². The number of hydrogen-bond acceptors (Lipinski definition) is 6. The molecule has 1 amide bonds. The number of ether oxygens (including phenoxy) is 2. The highest BCUT2D eigenvalue weighted by atomic mass is 35.5. The van der Waals surface area contributed by atoms with E-state index in [1.54, 1.807) is 10.7 Å². The number of allylic oxidation sites excluding steroid dienone is 1. The van der Waals surface area contributed by atoms with Crippen LogP contribution in [0.5, 0.6) is 5.75 Å². The average Bonchev–Trinajstić information content (AvgIpc) is 3.16. The normalized spacial score (nSPS) is 17.2.